The van der Waals surface area contributed by atoms with Gasteiger partial charge in [0, 0.05) is 0 Å². The number of hydrogen-bond donors (Lipinski definition) is 2. The first kappa shape index (κ1) is 13.8. The highest BCUT2D eigenvalue weighted by Crippen LogP contribution is 2.44. The van der Waals surface area contributed by atoms with E-state index in [0.717, 1.165) is 0 Å². The van der Waals surface area contributed by atoms with E-state index in [1.165, 1.54) is 6.33 Å². The van der Waals surface area contributed by atoms with Crippen molar-refractivity contribution in [2.24, 2.45) is 0 Å². The lowest BCUT2D eigenvalue weighted by molar-refractivity contribution is -0.191. The second-order valence-corrected chi connectivity index (χ2v) is 5.91. The average Bonchev–Trinajstić information content (AvgIpc) is 3.10. The molecular weight excluding hydrogens is 290 g/mol. The van der Waals surface area contributed by atoms with Crippen molar-refractivity contribution in [2.75, 3.05) is 12.3 Å². The molecule has 0 aliphatic carbocycles. The fourth-order valence-corrected chi connectivity index (χ4v) is 3.11. The summed E-state index contributed by atoms with van der Waals surface area (Å²) in [5, 5.41) is 13.7. The zero-order valence-electron chi connectivity index (χ0n) is 12.2. The smallest absolute Gasteiger partial charge is 0.196 e. The number of aliphatic hydroxyl groups is 1. The Hall–Kier alpha value is -1.81. The fourth-order valence-electron chi connectivity index (χ4n) is 3.11. The number of imidazole rings is 1. The van der Waals surface area contributed by atoms with Crippen molar-refractivity contribution < 1.29 is 19.3 Å². The Labute approximate surface area is 126 Å². The predicted molar refractivity (Wildman–Crippen MR) is 73.7 cm³/mol. The Bertz CT molecular complexity index is 718. The van der Waals surface area contributed by atoms with Crippen molar-refractivity contribution in [1.29, 1.82) is 0 Å². The average molecular weight is 307 g/mol. The highest BCUT2D eigenvalue weighted by atomic mass is 16.8. The van der Waals surface area contributed by atoms with Gasteiger partial charge in [-0.2, -0.15) is 5.10 Å². The maximum absolute atomic E-state index is 9.53. The molecule has 4 heterocycles. The molecule has 0 saturated carbocycles. The Kier molecular flexibility index (Phi) is 2.89. The zero-order valence-corrected chi connectivity index (χ0v) is 12.2. The Balaban J connectivity index is 1.77. The minimum Gasteiger partial charge on any atom is -0.394 e. The molecule has 2 aromatic heterocycles. The van der Waals surface area contributed by atoms with E-state index in [-0.39, 0.29) is 18.8 Å². The number of nitrogens with two attached hydrogens (primary N) is 1. The van der Waals surface area contributed by atoms with Gasteiger partial charge in [-0.05, 0) is 13.8 Å². The number of ether oxygens (including phenoxy) is 3. The first-order valence-electron chi connectivity index (χ1n) is 7.06. The molecule has 4 atom stereocenters. The van der Waals surface area contributed by atoms with Crippen LogP contribution in [0.5, 0.6) is 0 Å². The van der Waals surface area contributed by atoms with Crippen LogP contribution in [0, 0.1) is 0 Å². The van der Waals surface area contributed by atoms with Crippen molar-refractivity contribution in [1.82, 2.24) is 19.6 Å². The number of fused-ring (bicyclic) bond motifs is 2. The van der Waals surface area contributed by atoms with Crippen LogP contribution in [0.25, 0.3) is 5.65 Å². The third-order valence-corrected chi connectivity index (χ3v) is 3.98. The molecule has 22 heavy (non-hydrogen) atoms. The van der Waals surface area contributed by atoms with Crippen LogP contribution in [0.4, 0.5) is 5.82 Å². The second kappa shape index (κ2) is 4.59. The van der Waals surface area contributed by atoms with E-state index in [4.69, 9.17) is 19.9 Å². The lowest BCUT2D eigenvalue weighted by Gasteiger charge is -2.23. The summed E-state index contributed by atoms with van der Waals surface area (Å²) in [6.45, 7) is 3.53. The van der Waals surface area contributed by atoms with E-state index in [0.29, 0.717) is 17.2 Å². The van der Waals surface area contributed by atoms with Gasteiger partial charge in [0.2, 0.25) is 0 Å². The van der Waals surface area contributed by atoms with Crippen molar-refractivity contribution in [3.8, 4) is 0 Å². The van der Waals surface area contributed by atoms with Crippen molar-refractivity contribution in [2.45, 2.75) is 44.1 Å². The minimum absolute atomic E-state index is 0.148. The molecule has 0 bridgehead atoms. The van der Waals surface area contributed by atoms with Crippen LogP contribution in [0.2, 0.25) is 0 Å². The number of nitrogens with zero attached hydrogens (tertiary/aromatic N) is 4. The second-order valence-electron chi connectivity index (χ2n) is 5.91. The highest BCUT2D eigenvalue weighted by molar-refractivity contribution is 5.58. The molecule has 2 aliphatic heterocycles. The molecule has 9 nitrogen and oxygen atoms in total. The molecule has 2 fully saturated rings. The molecular formula is C13H17N5O4. The van der Waals surface area contributed by atoms with Crippen LogP contribution in [0.3, 0.4) is 0 Å². The lowest BCUT2D eigenvalue weighted by atomic mass is 10.1. The molecule has 2 aliphatic rings. The maximum atomic E-state index is 9.53. The molecule has 0 unspecified atom stereocenters. The Morgan fingerprint density at radius 1 is 1.32 bits per heavy atom. The van der Waals surface area contributed by atoms with E-state index in [2.05, 4.69) is 15.1 Å². The van der Waals surface area contributed by atoms with Gasteiger partial charge in [0.05, 0.1) is 18.5 Å². The predicted octanol–water partition coefficient (Wildman–Crippen LogP) is -0.341. The number of aliphatic hydroxyl groups excluding tert-OH is 1. The maximum Gasteiger partial charge on any atom is 0.196 e. The van der Waals surface area contributed by atoms with Gasteiger partial charge in [-0.3, -0.25) is 0 Å². The SMILES string of the molecule is CC1(C)O[C@@H]2[C@H](O1)[C@@H](CO)O[C@H]2c1cnc2c(N)ncnn12. The quantitative estimate of drug-likeness (QED) is 0.774. The molecule has 2 saturated heterocycles. The van der Waals surface area contributed by atoms with Crippen LogP contribution in [0.1, 0.15) is 25.6 Å². The van der Waals surface area contributed by atoms with Crippen LogP contribution in [-0.4, -0.2) is 55.4 Å². The van der Waals surface area contributed by atoms with Gasteiger partial charge >= 0.3 is 0 Å². The number of anilines is 1. The van der Waals surface area contributed by atoms with Crippen LogP contribution in [-0.2, 0) is 14.2 Å². The van der Waals surface area contributed by atoms with E-state index in [9.17, 15) is 5.11 Å². The summed E-state index contributed by atoms with van der Waals surface area (Å²) in [5.41, 5.74) is 6.95. The summed E-state index contributed by atoms with van der Waals surface area (Å²) in [6, 6.07) is 0. The molecule has 4 rings (SSSR count). The molecule has 3 N–H and O–H groups in total. The van der Waals surface area contributed by atoms with Crippen LogP contribution in [0.15, 0.2) is 12.5 Å². The minimum atomic E-state index is -0.723. The van der Waals surface area contributed by atoms with E-state index < -0.39 is 18.0 Å². The number of rotatable bonds is 2. The van der Waals surface area contributed by atoms with Gasteiger partial charge in [-0.25, -0.2) is 14.5 Å². The zero-order chi connectivity index (χ0) is 15.5. The van der Waals surface area contributed by atoms with Gasteiger partial charge in [-0.1, -0.05) is 0 Å². The van der Waals surface area contributed by atoms with Crippen molar-refractivity contribution in [3.63, 3.8) is 0 Å². The van der Waals surface area contributed by atoms with Crippen LogP contribution < -0.4 is 5.73 Å². The summed E-state index contributed by atoms with van der Waals surface area (Å²) in [5.74, 6) is -0.433. The number of hydrogen-bond acceptors (Lipinski definition) is 8. The van der Waals surface area contributed by atoms with Crippen molar-refractivity contribution >= 4 is 11.5 Å². The third-order valence-electron chi connectivity index (χ3n) is 3.98. The van der Waals surface area contributed by atoms with Gasteiger partial charge in [0.25, 0.3) is 0 Å². The molecule has 0 spiro atoms. The summed E-state index contributed by atoms with van der Waals surface area (Å²) >= 11 is 0. The summed E-state index contributed by atoms with van der Waals surface area (Å²) in [6.07, 6.45) is 1.41. The van der Waals surface area contributed by atoms with Gasteiger partial charge < -0.3 is 25.1 Å². The fraction of sp³-hybridized carbons (Fsp3) is 0.615. The normalized spacial score (nSPS) is 33.4. The van der Waals surface area contributed by atoms with Gasteiger partial charge in [-0.15, -0.1) is 0 Å². The molecule has 0 aromatic carbocycles. The Morgan fingerprint density at radius 2 is 2.09 bits per heavy atom. The van der Waals surface area contributed by atoms with Gasteiger partial charge in [0.1, 0.15) is 30.7 Å². The number of nitrogen functional groups attached to an aromatic ring is 1. The number of aromatic nitrogens is 4. The van der Waals surface area contributed by atoms with E-state index in [1.807, 2.05) is 13.8 Å². The van der Waals surface area contributed by atoms with Crippen molar-refractivity contribution in [3.05, 3.63) is 18.2 Å². The molecule has 118 valence electrons. The summed E-state index contributed by atoms with van der Waals surface area (Å²) in [4.78, 5) is 8.15. The lowest BCUT2D eigenvalue weighted by Crippen LogP contribution is -2.31. The molecule has 0 radical (unpaired) electrons. The monoisotopic (exact) mass is 307 g/mol. The first-order valence-corrected chi connectivity index (χ1v) is 7.06. The molecule has 9 heteroatoms. The molecule has 0 amide bonds. The first-order chi connectivity index (χ1) is 10.5. The summed E-state index contributed by atoms with van der Waals surface area (Å²) < 4.78 is 19.3. The topological polar surface area (TPSA) is 117 Å². The Morgan fingerprint density at radius 3 is 2.86 bits per heavy atom. The standard InChI is InChI=1S/C13H17N5O4/c1-13(2)21-9-7(4-19)20-8(10(9)22-13)6-3-15-12-11(14)16-5-17-18(6)12/h3,5,7-10,19H,4H2,1-2H3,(H2,14,16,17)/t7-,8+,9-,10+/m1/s1. The largest absolute Gasteiger partial charge is 0.394 e. The molecule has 2 aromatic rings. The van der Waals surface area contributed by atoms with E-state index >= 15 is 0 Å². The third kappa shape index (κ3) is 1.90. The summed E-state index contributed by atoms with van der Waals surface area (Å²) in [7, 11) is 0. The van der Waals surface area contributed by atoms with E-state index in [1.54, 1.807) is 10.7 Å². The van der Waals surface area contributed by atoms with Gasteiger partial charge in [0.15, 0.2) is 17.3 Å². The van der Waals surface area contributed by atoms with Crippen LogP contribution >= 0.6 is 0 Å². The highest BCUT2D eigenvalue weighted by Gasteiger charge is 2.56.